The number of carbonyl (C=O) groups excluding carboxylic acids is 2. The Kier molecular flexibility index (Phi) is 29.6. The van der Waals surface area contributed by atoms with Crippen molar-refractivity contribution in [3.63, 3.8) is 0 Å². The van der Waals surface area contributed by atoms with Crippen LogP contribution in [0.5, 0.6) is 0 Å². The highest BCUT2D eigenvalue weighted by Gasteiger charge is 2.31. The number of aliphatic carboxylic acids is 1. The number of carbonyl (C=O) groups is 3. The highest BCUT2D eigenvalue weighted by Crippen LogP contribution is 2.11. The maximum absolute atomic E-state index is 12.6. The second kappa shape index (κ2) is 32.2. The highest BCUT2D eigenvalue weighted by atomic mass is 16.6. The Morgan fingerprint density at radius 3 is 1.58 bits per heavy atom. The minimum absolute atomic E-state index is 0.0135. The molecule has 0 heterocycles. The summed E-state index contributed by atoms with van der Waals surface area (Å²) in [5.74, 6) is -1.64. The summed E-state index contributed by atoms with van der Waals surface area (Å²) in [7, 11) is 5.46. The third-order valence-electron chi connectivity index (χ3n) is 7.14. The van der Waals surface area contributed by atoms with Gasteiger partial charge in [-0.3, -0.25) is 9.59 Å². The van der Waals surface area contributed by atoms with Crippen LogP contribution in [0.1, 0.15) is 84.5 Å². The van der Waals surface area contributed by atoms with Crippen molar-refractivity contribution < 1.29 is 38.2 Å². The summed E-state index contributed by atoms with van der Waals surface area (Å²) >= 11 is 0. The van der Waals surface area contributed by atoms with Crippen molar-refractivity contribution in [1.29, 1.82) is 0 Å². The Morgan fingerprint density at radius 2 is 1.08 bits per heavy atom. The van der Waals surface area contributed by atoms with Gasteiger partial charge in [0, 0.05) is 19.3 Å². The van der Waals surface area contributed by atoms with Gasteiger partial charge in [-0.05, 0) is 44.9 Å². The first-order chi connectivity index (χ1) is 24.1. The molecule has 2 atom stereocenters. The number of rotatable bonds is 29. The van der Waals surface area contributed by atoms with Gasteiger partial charge in [-0.25, -0.2) is 4.79 Å². The van der Waals surface area contributed by atoms with Crippen molar-refractivity contribution in [2.75, 3.05) is 41.0 Å². The van der Waals surface area contributed by atoms with Gasteiger partial charge in [-0.15, -0.1) is 0 Å². The number of ether oxygens (including phenoxy) is 3. The van der Waals surface area contributed by atoms with Crippen LogP contribution in [0.4, 0.5) is 0 Å². The van der Waals surface area contributed by atoms with Crippen molar-refractivity contribution in [2.45, 2.75) is 96.6 Å². The topological polar surface area (TPSA) is 99.1 Å². The van der Waals surface area contributed by atoms with E-state index in [-0.39, 0.29) is 49.1 Å². The summed E-state index contributed by atoms with van der Waals surface area (Å²) in [4.78, 5) is 36.7. The monoisotopic (exact) mass is 694 g/mol. The first-order valence-corrected chi connectivity index (χ1v) is 18.0. The SMILES string of the molecule is CC/C=C/C=C/C=C/C=C/C=C/CCCC(=O)OCC(COCCC(C(=O)O)[N+](C)(C)C)OC(=O)CCCCC/C=C/C=C/C=C/C=C/CC. The minimum atomic E-state index is -0.899. The lowest BCUT2D eigenvalue weighted by Gasteiger charge is -2.31. The Hall–Kier alpha value is -4.01. The van der Waals surface area contributed by atoms with Crippen LogP contribution in [0.2, 0.25) is 0 Å². The Labute approximate surface area is 302 Å². The smallest absolute Gasteiger partial charge is 0.362 e. The molecule has 0 saturated heterocycles. The van der Waals surface area contributed by atoms with E-state index in [0.29, 0.717) is 19.3 Å². The van der Waals surface area contributed by atoms with E-state index in [1.165, 1.54) is 0 Å². The molecule has 0 radical (unpaired) electrons. The zero-order valence-corrected chi connectivity index (χ0v) is 31.3. The van der Waals surface area contributed by atoms with Crippen molar-refractivity contribution in [3.05, 3.63) is 109 Å². The summed E-state index contributed by atoms with van der Waals surface area (Å²) in [6.45, 7) is 4.27. The van der Waals surface area contributed by atoms with E-state index in [0.717, 1.165) is 38.5 Å². The fourth-order valence-electron chi connectivity index (χ4n) is 4.36. The lowest BCUT2D eigenvalue weighted by Crippen LogP contribution is -2.50. The average Bonchev–Trinajstić information content (AvgIpc) is 3.06. The van der Waals surface area contributed by atoms with Crippen LogP contribution in [-0.2, 0) is 28.6 Å². The van der Waals surface area contributed by atoms with Crippen molar-refractivity contribution in [1.82, 2.24) is 0 Å². The molecule has 0 aliphatic rings. The number of carboxylic acid groups (broad SMARTS) is 1. The van der Waals surface area contributed by atoms with Gasteiger partial charge < -0.3 is 23.8 Å². The number of unbranched alkanes of at least 4 members (excludes halogenated alkanes) is 4. The molecule has 8 nitrogen and oxygen atoms in total. The molecule has 0 aromatic heterocycles. The van der Waals surface area contributed by atoms with E-state index >= 15 is 0 Å². The predicted octanol–water partition coefficient (Wildman–Crippen LogP) is 8.95. The largest absolute Gasteiger partial charge is 0.477 e. The maximum Gasteiger partial charge on any atom is 0.362 e. The van der Waals surface area contributed by atoms with Crippen molar-refractivity contribution >= 4 is 17.9 Å². The highest BCUT2D eigenvalue weighted by molar-refractivity contribution is 5.72. The van der Waals surface area contributed by atoms with Crippen LogP contribution in [-0.4, -0.2) is 80.6 Å². The van der Waals surface area contributed by atoms with Crippen LogP contribution in [0, 0.1) is 0 Å². The fraction of sp³-hybridized carbons (Fsp3) is 0.500. The van der Waals surface area contributed by atoms with Gasteiger partial charge in [0.25, 0.3) is 0 Å². The quantitative estimate of drug-likeness (QED) is 0.0361. The van der Waals surface area contributed by atoms with E-state index in [1.54, 1.807) is 0 Å². The molecule has 0 aromatic carbocycles. The molecule has 0 aromatic rings. The van der Waals surface area contributed by atoms with Crippen LogP contribution < -0.4 is 0 Å². The third kappa shape index (κ3) is 30.1. The summed E-state index contributed by atoms with van der Waals surface area (Å²) in [5.41, 5.74) is 0. The van der Waals surface area contributed by atoms with Gasteiger partial charge in [0.2, 0.25) is 0 Å². The van der Waals surface area contributed by atoms with Crippen LogP contribution >= 0.6 is 0 Å². The van der Waals surface area contributed by atoms with Gasteiger partial charge in [0.05, 0.1) is 34.4 Å². The van der Waals surface area contributed by atoms with Crippen LogP contribution in [0.15, 0.2) is 109 Å². The lowest BCUT2D eigenvalue weighted by molar-refractivity contribution is -0.887. The van der Waals surface area contributed by atoms with Crippen molar-refractivity contribution in [3.8, 4) is 0 Å². The number of hydrogen-bond donors (Lipinski definition) is 1. The zero-order chi connectivity index (χ0) is 37.1. The Bertz CT molecular complexity index is 1180. The molecule has 0 rings (SSSR count). The molecule has 0 aliphatic heterocycles. The maximum atomic E-state index is 12.6. The standard InChI is InChI=1S/C42H63NO7/c1-6-8-10-12-14-16-18-20-22-24-26-28-30-32-40(44)49-37-38(36-48-35-34-39(42(46)47)43(3,4)5)50-41(45)33-31-29-27-25-23-21-19-17-15-13-11-9-7-2/h8-24,26,38-39H,6-7,25,27-37H2,1-5H3/p+1/b10-8+,11-9+,14-12+,15-13+,18-16+,19-17+,22-20+,23-21+,26-24+. The zero-order valence-electron chi connectivity index (χ0n) is 31.3. The molecule has 278 valence electrons. The molecular formula is C42H64NO7+. The van der Waals surface area contributed by atoms with Gasteiger partial charge in [-0.2, -0.15) is 0 Å². The number of quaternary nitrogens is 1. The van der Waals surface area contributed by atoms with E-state index in [9.17, 15) is 19.5 Å². The molecule has 0 saturated carbocycles. The summed E-state index contributed by atoms with van der Waals surface area (Å²) in [5, 5.41) is 9.57. The Morgan fingerprint density at radius 1 is 0.600 bits per heavy atom. The molecule has 0 spiro atoms. The summed E-state index contributed by atoms with van der Waals surface area (Å²) < 4.78 is 17.0. The number of esters is 2. The molecule has 0 fully saturated rings. The average molecular weight is 695 g/mol. The lowest BCUT2D eigenvalue weighted by atomic mass is 10.1. The predicted molar refractivity (Wildman–Crippen MR) is 206 cm³/mol. The molecule has 0 bridgehead atoms. The molecule has 1 N–H and O–H groups in total. The Balaban J connectivity index is 4.69. The molecular weight excluding hydrogens is 630 g/mol. The molecule has 8 heteroatoms. The molecule has 2 unspecified atom stereocenters. The van der Waals surface area contributed by atoms with Gasteiger partial charge in [-0.1, -0.05) is 130 Å². The van der Waals surface area contributed by atoms with Gasteiger partial charge in [0.15, 0.2) is 12.1 Å². The molecule has 50 heavy (non-hydrogen) atoms. The number of nitrogens with zero attached hydrogens (tertiary/aromatic N) is 1. The first kappa shape index (κ1) is 46.0. The third-order valence-corrected chi connectivity index (χ3v) is 7.14. The molecule has 0 amide bonds. The minimum Gasteiger partial charge on any atom is -0.477 e. The normalized spacial score (nSPS) is 14.3. The van der Waals surface area contributed by atoms with E-state index < -0.39 is 18.1 Å². The van der Waals surface area contributed by atoms with Crippen LogP contribution in [0.25, 0.3) is 0 Å². The van der Waals surface area contributed by atoms with E-state index in [4.69, 9.17) is 14.2 Å². The summed E-state index contributed by atoms with van der Waals surface area (Å²) in [6.07, 6.45) is 42.9. The summed E-state index contributed by atoms with van der Waals surface area (Å²) in [6, 6.07) is -0.638. The van der Waals surface area contributed by atoms with E-state index in [1.807, 2.05) is 112 Å². The second-order valence-electron chi connectivity index (χ2n) is 12.6. The second-order valence-corrected chi connectivity index (χ2v) is 12.6. The van der Waals surface area contributed by atoms with Crippen LogP contribution in [0.3, 0.4) is 0 Å². The van der Waals surface area contributed by atoms with Crippen molar-refractivity contribution in [2.24, 2.45) is 0 Å². The number of hydrogen-bond acceptors (Lipinski definition) is 6. The van der Waals surface area contributed by atoms with E-state index in [2.05, 4.69) is 32.1 Å². The fourth-order valence-corrected chi connectivity index (χ4v) is 4.36. The number of likely N-dealkylation sites (N-methyl/N-ethyl adjacent to an activating group) is 1. The van der Waals surface area contributed by atoms with Gasteiger partial charge >= 0.3 is 17.9 Å². The molecule has 0 aliphatic carbocycles. The number of allylic oxidation sites excluding steroid dienone is 18. The first-order valence-electron chi connectivity index (χ1n) is 18.0. The number of carboxylic acids is 1. The van der Waals surface area contributed by atoms with Gasteiger partial charge in [0.1, 0.15) is 6.61 Å².